The molecule has 0 aromatic rings. The van der Waals surface area contributed by atoms with Crippen LogP contribution in [0.15, 0.2) is 85.3 Å². The van der Waals surface area contributed by atoms with Crippen molar-refractivity contribution in [1.29, 1.82) is 0 Å². The van der Waals surface area contributed by atoms with Crippen LogP contribution in [0.2, 0.25) is 0 Å². The lowest BCUT2D eigenvalue weighted by atomic mass is 10.0. The van der Waals surface area contributed by atoms with Gasteiger partial charge in [-0.3, -0.25) is 9.36 Å². The van der Waals surface area contributed by atoms with Gasteiger partial charge in [-0.25, -0.2) is 0 Å². The molecule has 0 saturated carbocycles. The van der Waals surface area contributed by atoms with E-state index >= 15 is 0 Å². The summed E-state index contributed by atoms with van der Waals surface area (Å²) in [4.78, 5) is 25.0. The minimum atomic E-state index is -4.56. The summed E-state index contributed by atoms with van der Waals surface area (Å²) in [5, 5.41) is 0. The number of nitrogens with zero attached hydrogens (tertiary/aromatic N) is 1. The van der Waals surface area contributed by atoms with E-state index < -0.39 is 19.9 Å². The van der Waals surface area contributed by atoms with Crippen LogP contribution >= 0.6 is 7.82 Å². The zero-order chi connectivity index (χ0) is 40.6. The zero-order valence-electron chi connectivity index (χ0n) is 35.6. The Kier molecular flexibility index (Phi) is 36.7. The Bertz CT molecular complexity index is 1150. The van der Waals surface area contributed by atoms with Crippen LogP contribution in [0.25, 0.3) is 0 Å². The lowest BCUT2D eigenvalue weighted by molar-refractivity contribution is -0.870. The third-order valence-corrected chi connectivity index (χ3v) is 9.50. The summed E-state index contributed by atoms with van der Waals surface area (Å²) in [5.41, 5.74) is 0. The number of likely N-dealkylation sites (N-methyl/N-ethyl adjacent to an activating group) is 1. The van der Waals surface area contributed by atoms with E-state index in [4.69, 9.17) is 18.5 Å². The van der Waals surface area contributed by atoms with Crippen LogP contribution in [0.5, 0.6) is 0 Å². The number of allylic oxidation sites excluding steroid dienone is 13. The number of phosphoric acid groups is 1. The number of ether oxygens (including phenoxy) is 2. The number of rotatable bonds is 38. The van der Waals surface area contributed by atoms with E-state index in [0.717, 1.165) is 51.4 Å². The molecule has 0 aromatic heterocycles. The quantitative estimate of drug-likeness (QED) is 0.0153. The number of hydrogen-bond donors (Lipinski definition) is 0. The first-order chi connectivity index (χ1) is 26.6. The number of hydrogen-bond acceptors (Lipinski definition) is 7. The first kappa shape index (κ1) is 52.5. The molecule has 0 aliphatic heterocycles. The van der Waals surface area contributed by atoms with Crippen LogP contribution in [-0.4, -0.2) is 64.1 Å². The molecule has 0 radical (unpaired) electrons. The first-order valence-electron chi connectivity index (χ1n) is 21.4. The fourth-order valence-corrected chi connectivity index (χ4v) is 5.97. The first-order valence-corrected chi connectivity index (χ1v) is 22.8. The maximum atomic E-state index is 12.6. The monoisotopic (exact) mass is 790 g/mol. The van der Waals surface area contributed by atoms with Crippen molar-refractivity contribution in [2.75, 3.05) is 47.5 Å². The van der Waals surface area contributed by atoms with E-state index in [2.05, 4.69) is 74.6 Å². The largest absolute Gasteiger partial charge is 0.756 e. The van der Waals surface area contributed by atoms with Gasteiger partial charge in [-0.2, -0.15) is 0 Å². The van der Waals surface area contributed by atoms with Crippen LogP contribution in [0.3, 0.4) is 0 Å². The van der Waals surface area contributed by atoms with Gasteiger partial charge in [0.25, 0.3) is 7.82 Å². The highest BCUT2D eigenvalue weighted by atomic mass is 31.2. The van der Waals surface area contributed by atoms with Crippen molar-refractivity contribution < 1.29 is 37.3 Å². The predicted molar refractivity (Wildman–Crippen MR) is 231 cm³/mol. The molecule has 0 aliphatic rings. The molecule has 55 heavy (non-hydrogen) atoms. The number of quaternary nitrogens is 1. The van der Waals surface area contributed by atoms with Crippen molar-refractivity contribution >= 4 is 13.8 Å². The summed E-state index contributed by atoms with van der Waals surface area (Å²) < 4.78 is 34.2. The normalized spacial score (nSPS) is 14.6. The Labute approximate surface area is 337 Å². The number of carbonyl (C=O) groups is 1. The Morgan fingerprint density at radius 3 is 1.56 bits per heavy atom. The van der Waals surface area contributed by atoms with Crippen LogP contribution in [-0.2, 0) is 27.9 Å². The van der Waals surface area contributed by atoms with Crippen LogP contribution in [0.1, 0.15) is 149 Å². The molecule has 0 fully saturated rings. The topological polar surface area (TPSA) is 94.1 Å². The second-order valence-corrected chi connectivity index (χ2v) is 16.4. The SMILES string of the molecule is CCC=CCC=CCC=CCC=CCC=CCC=CCCC(=O)OC(COC=CCCCCCCCCCCCCCC)COP(=O)([O-])OCC[N+](C)(C)C. The van der Waals surface area contributed by atoms with E-state index in [9.17, 15) is 14.3 Å². The van der Waals surface area contributed by atoms with Gasteiger partial charge < -0.3 is 27.9 Å². The molecule has 2 atom stereocenters. The summed E-state index contributed by atoms with van der Waals surface area (Å²) in [6.45, 7) is 4.51. The second-order valence-electron chi connectivity index (χ2n) is 15.0. The lowest BCUT2D eigenvalue weighted by Gasteiger charge is -2.28. The zero-order valence-corrected chi connectivity index (χ0v) is 36.5. The van der Waals surface area contributed by atoms with Gasteiger partial charge in [0.1, 0.15) is 19.8 Å². The molecule has 0 aliphatic carbocycles. The van der Waals surface area contributed by atoms with E-state index in [1.54, 1.807) is 6.26 Å². The minimum absolute atomic E-state index is 0.000941. The lowest BCUT2D eigenvalue weighted by Crippen LogP contribution is -2.37. The summed E-state index contributed by atoms with van der Waals surface area (Å²) >= 11 is 0. The molecule has 0 spiro atoms. The Morgan fingerprint density at radius 1 is 0.600 bits per heavy atom. The second kappa shape index (κ2) is 38.4. The highest BCUT2D eigenvalue weighted by Gasteiger charge is 2.20. The third kappa shape index (κ3) is 42.5. The molecule has 0 saturated heterocycles. The summed E-state index contributed by atoms with van der Waals surface area (Å²) in [6, 6.07) is 0. The average molecular weight is 790 g/mol. The third-order valence-electron chi connectivity index (χ3n) is 8.54. The van der Waals surface area contributed by atoms with Gasteiger partial charge in [-0.05, 0) is 63.9 Å². The van der Waals surface area contributed by atoms with Gasteiger partial charge >= 0.3 is 5.97 Å². The molecule has 9 heteroatoms. The van der Waals surface area contributed by atoms with Crippen LogP contribution < -0.4 is 4.89 Å². The number of carbonyl (C=O) groups excluding carboxylic acids is 1. The maximum absolute atomic E-state index is 12.6. The van der Waals surface area contributed by atoms with E-state index in [1.807, 2.05) is 39.4 Å². The number of phosphoric ester groups is 1. The molecule has 2 unspecified atom stereocenters. The molecular weight excluding hydrogens is 709 g/mol. The molecule has 0 heterocycles. The Morgan fingerprint density at radius 2 is 1.07 bits per heavy atom. The maximum Gasteiger partial charge on any atom is 0.306 e. The van der Waals surface area contributed by atoms with Gasteiger partial charge in [0.05, 0.1) is 34.0 Å². The molecule has 0 aromatic carbocycles. The van der Waals surface area contributed by atoms with Crippen molar-refractivity contribution in [3.63, 3.8) is 0 Å². The highest BCUT2D eigenvalue weighted by Crippen LogP contribution is 2.38. The molecule has 0 N–H and O–H groups in total. The van der Waals surface area contributed by atoms with Gasteiger partial charge in [0.2, 0.25) is 0 Å². The van der Waals surface area contributed by atoms with Gasteiger partial charge in [0, 0.05) is 6.42 Å². The van der Waals surface area contributed by atoms with Crippen LogP contribution in [0.4, 0.5) is 0 Å². The van der Waals surface area contributed by atoms with E-state index in [0.29, 0.717) is 17.4 Å². The highest BCUT2D eigenvalue weighted by molar-refractivity contribution is 7.45. The molecule has 316 valence electrons. The van der Waals surface area contributed by atoms with Crippen molar-refractivity contribution in [2.45, 2.75) is 155 Å². The van der Waals surface area contributed by atoms with Crippen molar-refractivity contribution in [1.82, 2.24) is 0 Å². The molecule has 0 bridgehead atoms. The number of esters is 1. The molecule has 8 nitrogen and oxygen atoms in total. The van der Waals surface area contributed by atoms with Crippen molar-refractivity contribution in [3.8, 4) is 0 Å². The van der Waals surface area contributed by atoms with E-state index in [-0.39, 0.29) is 26.2 Å². The van der Waals surface area contributed by atoms with Gasteiger partial charge in [-0.1, -0.05) is 157 Å². The fourth-order valence-electron chi connectivity index (χ4n) is 5.24. The van der Waals surface area contributed by atoms with Crippen molar-refractivity contribution in [3.05, 3.63) is 85.3 Å². The Hall–Kier alpha value is -2.48. The van der Waals surface area contributed by atoms with Crippen molar-refractivity contribution in [2.24, 2.45) is 0 Å². The number of unbranched alkanes of at least 4 members (excludes halogenated alkanes) is 12. The Balaban J connectivity index is 4.46. The molecule has 0 amide bonds. The summed E-state index contributed by atoms with van der Waals surface area (Å²) in [6.07, 6.45) is 51.3. The summed E-state index contributed by atoms with van der Waals surface area (Å²) in [7, 11) is 1.27. The smallest absolute Gasteiger partial charge is 0.306 e. The standard InChI is InChI=1S/C46H80NO7P/c1-6-8-10-12-14-16-18-20-22-23-24-25-26-27-29-31-33-35-37-39-46(48)54-45(44-53-55(49,50)52-42-40-47(3,4)5)43-51-41-38-36-34-32-30-28-21-19-17-15-13-11-9-7-2/h8,10,14,16,20,22,24-25,27,29,33,35,38,41,45H,6-7,9,11-13,15,17-19,21,23,26,28,30-32,34,36-37,39-40,42-44H2,1-5H3. The van der Waals surface area contributed by atoms with Gasteiger partial charge in [0.15, 0.2) is 6.10 Å². The van der Waals surface area contributed by atoms with E-state index in [1.165, 1.54) is 70.6 Å². The van der Waals surface area contributed by atoms with Gasteiger partial charge in [-0.15, -0.1) is 0 Å². The molecular formula is C46H80NO7P. The fraction of sp³-hybridized carbons (Fsp3) is 0.674. The summed E-state index contributed by atoms with van der Waals surface area (Å²) in [5.74, 6) is -0.441. The predicted octanol–water partition coefficient (Wildman–Crippen LogP) is 12.2. The molecule has 0 rings (SSSR count). The minimum Gasteiger partial charge on any atom is -0.756 e. The van der Waals surface area contributed by atoms with Crippen LogP contribution in [0, 0.1) is 0 Å². The average Bonchev–Trinajstić information content (AvgIpc) is 3.13.